The molecule has 3 unspecified atom stereocenters. The summed E-state index contributed by atoms with van der Waals surface area (Å²) in [7, 11) is 0. The van der Waals surface area contributed by atoms with E-state index in [0.717, 1.165) is 6.42 Å². The number of hydrogen-bond donors (Lipinski definition) is 0. The van der Waals surface area contributed by atoms with Crippen LogP contribution in [0.15, 0.2) is 0 Å². The maximum Gasteiger partial charge on any atom is 0.323 e. The van der Waals surface area contributed by atoms with Crippen LogP contribution in [0.25, 0.3) is 0 Å². The number of esters is 2. The van der Waals surface area contributed by atoms with Crippen LogP contribution in [0.4, 0.5) is 0 Å². The average molecular weight is 278 g/mol. The Bertz CT molecular complexity index is 447. The molecule has 0 aromatic carbocycles. The zero-order chi connectivity index (χ0) is 15.0. The fraction of sp³-hybridized carbons (Fsp3) is 0.600. The lowest BCUT2D eigenvalue weighted by molar-refractivity contribution is -0.157. The summed E-state index contributed by atoms with van der Waals surface area (Å²) in [5.41, 5.74) is 0. The number of ether oxygens (including phenoxy) is 3. The van der Waals surface area contributed by atoms with Crippen LogP contribution in [0.2, 0.25) is 0 Å². The zero-order valence-electron chi connectivity index (χ0n) is 11.7. The number of terminal acetylenes is 1. The smallest absolute Gasteiger partial charge is 0.323 e. The van der Waals surface area contributed by atoms with E-state index in [9.17, 15) is 9.59 Å². The molecule has 0 radical (unpaired) electrons. The third-order valence-electron chi connectivity index (χ3n) is 2.97. The third kappa shape index (κ3) is 5.34. The van der Waals surface area contributed by atoms with E-state index in [1.165, 1.54) is 0 Å². The summed E-state index contributed by atoms with van der Waals surface area (Å²) in [6.07, 6.45) is 8.32. The molecular weight excluding hydrogens is 260 g/mol. The first-order chi connectivity index (χ1) is 9.60. The molecule has 1 rings (SSSR count). The second-order valence-electron chi connectivity index (χ2n) is 4.56. The van der Waals surface area contributed by atoms with E-state index in [0.29, 0.717) is 13.0 Å². The molecule has 0 bridgehead atoms. The molecule has 1 fully saturated rings. The van der Waals surface area contributed by atoms with Crippen LogP contribution in [0.5, 0.6) is 0 Å². The zero-order valence-corrected chi connectivity index (χ0v) is 11.7. The molecule has 1 aliphatic heterocycles. The van der Waals surface area contributed by atoms with Crippen LogP contribution in [0.1, 0.15) is 26.7 Å². The summed E-state index contributed by atoms with van der Waals surface area (Å²) in [6, 6.07) is 0. The number of carbonyl (C=O) groups excluding carboxylic acids is 2. The van der Waals surface area contributed by atoms with Crippen molar-refractivity contribution >= 4 is 11.9 Å². The van der Waals surface area contributed by atoms with E-state index in [-0.39, 0.29) is 12.7 Å². The van der Waals surface area contributed by atoms with Crippen molar-refractivity contribution in [3.8, 4) is 24.4 Å². The van der Waals surface area contributed by atoms with Gasteiger partial charge in [-0.05, 0) is 12.3 Å². The van der Waals surface area contributed by atoms with E-state index in [1.54, 1.807) is 6.92 Å². The van der Waals surface area contributed by atoms with E-state index < -0.39 is 23.8 Å². The predicted octanol–water partition coefficient (Wildman–Crippen LogP) is 1.12. The van der Waals surface area contributed by atoms with Crippen molar-refractivity contribution in [3.05, 3.63) is 0 Å². The number of hydrogen-bond acceptors (Lipinski definition) is 5. The van der Waals surface area contributed by atoms with E-state index in [1.807, 2.05) is 12.8 Å². The second kappa shape index (κ2) is 8.24. The number of rotatable bonds is 7. The summed E-state index contributed by atoms with van der Waals surface area (Å²) in [6.45, 7) is 4.41. The van der Waals surface area contributed by atoms with Crippen molar-refractivity contribution < 1.29 is 23.8 Å². The van der Waals surface area contributed by atoms with Gasteiger partial charge in [0.15, 0.2) is 0 Å². The Kier molecular flexibility index (Phi) is 6.63. The molecule has 20 heavy (non-hydrogen) atoms. The molecule has 0 saturated carbocycles. The molecule has 3 atom stereocenters. The Balaban J connectivity index is 2.54. The summed E-state index contributed by atoms with van der Waals surface area (Å²) in [5.74, 6) is 2.08. The lowest BCUT2D eigenvalue weighted by atomic mass is 9.90. The van der Waals surface area contributed by atoms with Crippen molar-refractivity contribution in [2.75, 3.05) is 13.2 Å². The van der Waals surface area contributed by atoms with Gasteiger partial charge < -0.3 is 14.2 Å². The number of carbonyl (C=O) groups is 2. The van der Waals surface area contributed by atoms with Gasteiger partial charge in [0.05, 0.1) is 18.4 Å². The summed E-state index contributed by atoms with van der Waals surface area (Å²) < 4.78 is 14.8. The van der Waals surface area contributed by atoms with Gasteiger partial charge in [-0.3, -0.25) is 9.59 Å². The van der Waals surface area contributed by atoms with E-state index in [4.69, 9.17) is 20.6 Å². The molecule has 108 valence electrons. The molecule has 1 saturated heterocycles. The Hall–Kier alpha value is -1.98. The summed E-state index contributed by atoms with van der Waals surface area (Å²) >= 11 is 0. The maximum atomic E-state index is 11.9. The molecule has 5 nitrogen and oxygen atoms in total. The van der Waals surface area contributed by atoms with E-state index in [2.05, 4.69) is 12.0 Å². The van der Waals surface area contributed by atoms with Gasteiger partial charge in [0.2, 0.25) is 0 Å². The largest absolute Gasteiger partial charge is 0.463 e. The topological polar surface area (TPSA) is 65.1 Å². The van der Waals surface area contributed by atoms with Crippen molar-refractivity contribution in [3.63, 3.8) is 0 Å². The van der Waals surface area contributed by atoms with Crippen molar-refractivity contribution in [2.45, 2.75) is 32.8 Å². The van der Waals surface area contributed by atoms with Gasteiger partial charge in [-0.1, -0.05) is 20.3 Å². The molecule has 0 aromatic heterocycles. The molecule has 1 aliphatic rings. The van der Waals surface area contributed by atoms with Gasteiger partial charge in [0.1, 0.15) is 18.8 Å². The standard InChI is InChI=1S/C15H18O5/c1-4-6-8-18-15(17)13(7-5-2)11(3)14(16)20-10-12-9-19-12/h1,11-13H,5,7,9-10H2,2-3H3. The molecule has 0 aliphatic carbocycles. The Morgan fingerprint density at radius 2 is 2.15 bits per heavy atom. The highest BCUT2D eigenvalue weighted by Crippen LogP contribution is 2.21. The quantitative estimate of drug-likeness (QED) is 0.396. The van der Waals surface area contributed by atoms with Crippen LogP contribution >= 0.6 is 0 Å². The maximum absolute atomic E-state index is 11.9. The first kappa shape index (κ1) is 16.1. The van der Waals surface area contributed by atoms with E-state index >= 15 is 0 Å². The minimum absolute atomic E-state index is 0.00391. The SMILES string of the molecule is C#CC#COC(=O)C(CCC)C(C)C(=O)OCC1CO1. The van der Waals surface area contributed by atoms with Crippen LogP contribution in [0.3, 0.4) is 0 Å². The van der Waals surface area contributed by atoms with Crippen LogP contribution in [0, 0.1) is 36.2 Å². The summed E-state index contributed by atoms with van der Waals surface area (Å²) in [5, 5.41) is 0. The fourth-order valence-corrected chi connectivity index (χ4v) is 1.70. The Labute approximate surface area is 119 Å². The third-order valence-corrected chi connectivity index (χ3v) is 2.97. The highest BCUT2D eigenvalue weighted by atomic mass is 16.6. The van der Waals surface area contributed by atoms with Gasteiger partial charge in [0, 0.05) is 5.92 Å². The number of epoxide rings is 1. The second-order valence-corrected chi connectivity index (χ2v) is 4.56. The van der Waals surface area contributed by atoms with Gasteiger partial charge in [-0.25, -0.2) is 0 Å². The molecule has 5 heteroatoms. The van der Waals surface area contributed by atoms with Crippen molar-refractivity contribution in [1.82, 2.24) is 0 Å². The molecule has 0 aromatic rings. The van der Waals surface area contributed by atoms with Gasteiger partial charge in [-0.2, -0.15) is 0 Å². The minimum Gasteiger partial charge on any atom is -0.463 e. The van der Waals surface area contributed by atoms with Crippen molar-refractivity contribution in [1.29, 1.82) is 0 Å². The van der Waals surface area contributed by atoms with Crippen LogP contribution in [-0.4, -0.2) is 31.3 Å². The lowest BCUT2D eigenvalue weighted by Crippen LogP contribution is -2.30. The van der Waals surface area contributed by atoms with Gasteiger partial charge in [-0.15, -0.1) is 6.42 Å². The predicted molar refractivity (Wildman–Crippen MR) is 71.0 cm³/mol. The van der Waals surface area contributed by atoms with Crippen LogP contribution in [-0.2, 0) is 23.8 Å². The average Bonchev–Trinajstić information content (AvgIpc) is 3.25. The molecular formula is C15H18O5. The Morgan fingerprint density at radius 1 is 1.45 bits per heavy atom. The fourth-order valence-electron chi connectivity index (χ4n) is 1.70. The normalized spacial score (nSPS) is 18.8. The highest BCUT2D eigenvalue weighted by Gasteiger charge is 2.33. The lowest BCUT2D eigenvalue weighted by Gasteiger charge is -2.19. The molecule has 0 N–H and O–H groups in total. The first-order valence-electron chi connectivity index (χ1n) is 6.54. The minimum atomic E-state index is -0.589. The molecule has 0 spiro atoms. The summed E-state index contributed by atoms with van der Waals surface area (Å²) in [4.78, 5) is 23.8. The first-order valence-corrected chi connectivity index (χ1v) is 6.54. The molecule has 1 heterocycles. The molecule has 0 amide bonds. The van der Waals surface area contributed by atoms with Crippen LogP contribution < -0.4 is 0 Å². The Morgan fingerprint density at radius 3 is 2.70 bits per heavy atom. The highest BCUT2D eigenvalue weighted by molar-refractivity contribution is 5.82. The monoisotopic (exact) mass is 278 g/mol. The van der Waals surface area contributed by atoms with Crippen molar-refractivity contribution in [2.24, 2.45) is 11.8 Å². The van der Waals surface area contributed by atoms with Gasteiger partial charge in [0.25, 0.3) is 0 Å². The van der Waals surface area contributed by atoms with Gasteiger partial charge >= 0.3 is 11.9 Å².